The maximum atomic E-state index is 10.7. The summed E-state index contributed by atoms with van der Waals surface area (Å²) in [4.78, 5) is 10.7. The average molecular weight is 199 g/mol. The van der Waals surface area contributed by atoms with E-state index in [0.29, 0.717) is 16.9 Å². The predicted molar refractivity (Wildman–Crippen MR) is 55.5 cm³/mol. The van der Waals surface area contributed by atoms with Crippen molar-refractivity contribution in [3.05, 3.63) is 29.3 Å². The lowest BCUT2D eigenvalue weighted by molar-refractivity contribution is 0.112. The summed E-state index contributed by atoms with van der Waals surface area (Å²) in [6.45, 7) is 0. The zero-order chi connectivity index (χ0) is 11.1. The van der Waals surface area contributed by atoms with Gasteiger partial charge in [-0.3, -0.25) is 4.79 Å². The molecule has 15 heavy (non-hydrogen) atoms. The van der Waals surface area contributed by atoms with E-state index in [9.17, 15) is 4.79 Å². The Morgan fingerprint density at radius 3 is 2.93 bits per heavy atom. The molecule has 0 aliphatic rings. The first-order chi connectivity index (χ1) is 7.31. The topological polar surface area (TPSA) is 50.1 Å². The number of carbonyl (C=O) groups excluding carboxylic acids is 1. The smallest absolute Gasteiger partial charge is 0.151 e. The molecule has 0 fully saturated rings. The van der Waals surface area contributed by atoms with Crippen LogP contribution < -0.4 is 4.74 Å². The third-order valence-electron chi connectivity index (χ3n) is 1.78. The maximum Gasteiger partial charge on any atom is 0.151 e. The number of benzene rings is 1. The van der Waals surface area contributed by atoms with E-state index in [4.69, 9.17) is 10.00 Å². The van der Waals surface area contributed by atoms with E-state index >= 15 is 0 Å². The first-order valence-electron chi connectivity index (χ1n) is 4.31. The molecule has 0 heterocycles. The molecule has 0 aromatic heterocycles. The van der Waals surface area contributed by atoms with E-state index in [-0.39, 0.29) is 6.42 Å². The quantitative estimate of drug-likeness (QED) is 0.538. The fourth-order valence-electron chi connectivity index (χ4n) is 1.05. The number of hydrogen-bond donors (Lipinski definition) is 0. The fourth-order valence-corrected chi connectivity index (χ4v) is 1.05. The fraction of sp³-hybridized carbons (Fsp3) is 0.167. The van der Waals surface area contributed by atoms with E-state index in [2.05, 4.69) is 11.8 Å². The second-order valence-corrected chi connectivity index (χ2v) is 2.71. The third-order valence-corrected chi connectivity index (χ3v) is 1.78. The maximum absolute atomic E-state index is 10.7. The second-order valence-electron chi connectivity index (χ2n) is 2.71. The molecule has 3 heteroatoms. The van der Waals surface area contributed by atoms with Gasteiger partial charge in [-0.1, -0.05) is 11.8 Å². The summed E-state index contributed by atoms with van der Waals surface area (Å²) in [6.07, 6.45) is 0.880. The summed E-state index contributed by atoms with van der Waals surface area (Å²) in [5, 5.41) is 8.32. The van der Waals surface area contributed by atoms with Crippen LogP contribution in [0.15, 0.2) is 18.2 Å². The highest BCUT2D eigenvalue weighted by Gasteiger charge is 2.00. The van der Waals surface area contributed by atoms with Crippen LogP contribution in [0.25, 0.3) is 0 Å². The van der Waals surface area contributed by atoms with Gasteiger partial charge in [0.15, 0.2) is 6.29 Å². The summed E-state index contributed by atoms with van der Waals surface area (Å²) in [7, 11) is 1.54. The number of aldehydes is 1. The molecule has 0 aliphatic heterocycles. The molecule has 0 spiro atoms. The predicted octanol–water partition coefficient (Wildman–Crippen LogP) is 1.77. The Morgan fingerprint density at radius 2 is 2.33 bits per heavy atom. The van der Waals surface area contributed by atoms with Crippen LogP contribution in [0.1, 0.15) is 22.3 Å². The normalized spacial score (nSPS) is 8.27. The molecule has 0 aliphatic carbocycles. The van der Waals surface area contributed by atoms with Crippen molar-refractivity contribution in [1.82, 2.24) is 0 Å². The summed E-state index contributed by atoms with van der Waals surface area (Å²) in [6, 6.07) is 6.92. The molecule has 0 bridgehead atoms. The average Bonchev–Trinajstić information content (AvgIpc) is 2.29. The molecule has 0 atom stereocenters. The number of methoxy groups -OCH3 is 1. The van der Waals surface area contributed by atoms with Crippen molar-refractivity contribution in [2.24, 2.45) is 0 Å². The molecule has 1 aromatic carbocycles. The number of ether oxygens (including phenoxy) is 1. The lowest BCUT2D eigenvalue weighted by Gasteiger charge is -2.01. The highest BCUT2D eigenvalue weighted by molar-refractivity contribution is 5.79. The molecular formula is C12H9NO2. The molecular weight excluding hydrogens is 190 g/mol. The second kappa shape index (κ2) is 5.47. The third kappa shape index (κ3) is 2.86. The lowest BCUT2D eigenvalue weighted by atomic mass is 10.1. The van der Waals surface area contributed by atoms with Gasteiger partial charge in [-0.15, -0.1) is 0 Å². The van der Waals surface area contributed by atoms with Gasteiger partial charge < -0.3 is 4.74 Å². The number of rotatable bonds is 2. The van der Waals surface area contributed by atoms with Gasteiger partial charge in [0, 0.05) is 11.1 Å². The molecule has 1 aromatic rings. The SMILES string of the molecule is COc1ccc(C=O)c(C#CCC#N)c1. The number of nitriles is 1. The molecule has 1 rings (SSSR count). The highest BCUT2D eigenvalue weighted by atomic mass is 16.5. The number of hydrogen-bond acceptors (Lipinski definition) is 3. The largest absolute Gasteiger partial charge is 0.497 e. The summed E-state index contributed by atoms with van der Waals surface area (Å²) in [5.41, 5.74) is 1.08. The van der Waals surface area contributed by atoms with Crippen LogP contribution in [-0.4, -0.2) is 13.4 Å². The van der Waals surface area contributed by atoms with Gasteiger partial charge >= 0.3 is 0 Å². The minimum atomic E-state index is 0.148. The summed E-state index contributed by atoms with van der Waals surface area (Å²) < 4.78 is 5.01. The molecule has 0 N–H and O–H groups in total. The van der Waals surface area contributed by atoms with E-state index < -0.39 is 0 Å². The van der Waals surface area contributed by atoms with Crippen LogP contribution in [0.2, 0.25) is 0 Å². The van der Waals surface area contributed by atoms with Gasteiger partial charge in [0.25, 0.3) is 0 Å². The van der Waals surface area contributed by atoms with Crippen molar-refractivity contribution in [1.29, 1.82) is 5.26 Å². The summed E-state index contributed by atoms with van der Waals surface area (Å²) >= 11 is 0. The van der Waals surface area contributed by atoms with Crippen molar-refractivity contribution < 1.29 is 9.53 Å². The van der Waals surface area contributed by atoms with Gasteiger partial charge in [0.2, 0.25) is 0 Å². The van der Waals surface area contributed by atoms with Gasteiger partial charge in [0.1, 0.15) is 5.75 Å². The van der Waals surface area contributed by atoms with Crippen LogP contribution in [0.3, 0.4) is 0 Å². The van der Waals surface area contributed by atoms with Crippen LogP contribution >= 0.6 is 0 Å². The monoisotopic (exact) mass is 199 g/mol. The van der Waals surface area contributed by atoms with Crippen LogP contribution in [0, 0.1) is 23.2 Å². The Morgan fingerprint density at radius 1 is 1.53 bits per heavy atom. The van der Waals surface area contributed by atoms with Crippen molar-refractivity contribution in [2.75, 3.05) is 7.11 Å². The van der Waals surface area contributed by atoms with E-state index in [1.165, 1.54) is 0 Å². The molecule has 3 nitrogen and oxygen atoms in total. The minimum absolute atomic E-state index is 0.148. The molecule has 0 radical (unpaired) electrons. The van der Waals surface area contributed by atoms with E-state index in [1.807, 2.05) is 6.07 Å². The zero-order valence-corrected chi connectivity index (χ0v) is 8.28. The first-order valence-corrected chi connectivity index (χ1v) is 4.31. The van der Waals surface area contributed by atoms with Crippen molar-refractivity contribution >= 4 is 6.29 Å². The van der Waals surface area contributed by atoms with Crippen LogP contribution in [0.4, 0.5) is 0 Å². The first kappa shape index (κ1) is 10.8. The Labute approximate surface area is 88.3 Å². The van der Waals surface area contributed by atoms with Crippen molar-refractivity contribution in [3.8, 4) is 23.7 Å². The molecule has 0 saturated heterocycles. The standard InChI is InChI=1S/C12H9NO2/c1-15-12-6-5-11(9-14)10(8-12)4-2-3-7-13/h5-6,8-9H,3H2,1H3. The zero-order valence-electron chi connectivity index (χ0n) is 8.28. The van der Waals surface area contributed by atoms with Gasteiger partial charge in [-0.05, 0) is 18.2 Å². The van der Waals surface area contributed by atoms with Crippen LogP contribution in [-0.2, 0) is 0 Å². The molecule has 0 saturated carbocycles. The minimum Gasteiger partial charge on any atom is -0.497 e. The lowest BCUT2D eigenvalue weighted by Crippen LogP contribution is -1.90. The molecule has 0 unspecified atom stereocenters. The van der Waals surface area contributed by atoms with Crippen molar-refractivity contribution in [2.45, 2.75) is 6.42 Å². The van der Waals surface area contributed by atoms with Gasteiger partial charge in [-0.25, -0.2) is 0 Å². The Kier molecular flexibility index (Phi) is 3.94. The molecule has 0 amide bonds. The van der Waals surface area contributed by atoms with Gasteiger partial charge in [-0.2, -0.15) is 5.26 Å². The Bertz CT molecular complexity index is 461. The van der Waals surface area contributed by atoms with Gasteiger partial charge in [0.05, 0.1) is 19.6 Å². The number of nitrogens with zero attached hydrogens (tertiary/aromatic N) is 1. The Hall–Kier alpha value is -2.26. The molecule has 74 valence electrons. The van der Waals surface area contributed by atoms with Crippen LogP contribution in [0.5, 0.6) is 5.75 Å². The Balaban J connectivity index is 3.09. The summed E-state index contributed by atoms with van der Waals surface area (Å²) in [5.74, 6) is 6.05. The van der Waals surface area contributed by atoms with Crippen molar-refractivity contribution in [3.63, 3.8) is 0 Å². The number of carbonyl (C=O) groups is 1. The van der Waals surface area contributed by atoms with E-state index in [1.54, 1.807) is 25.3 Å². The van der Waals surface area contributed by atoms with E-state index in [0.717, 1.165) is 6.29 Å². The highest BCUT2D eigenvalue weighted by Crippen LogP contribution is 2.15.